The van der Waals surface area contributed by atoms with Crippen LogP contribution < -0.4 is 5.32 Å². The van der Waals surface area contributed by atoms with E-state index in [1.54, 1.807) is 11.6 Å². The van der Waals surface area contributed by atoms with Crippen molar-refractivity contribution in [3.8, 4) is 0 Å². The largest absolute Gasteiger partial charge is 0.349 e. The number of nitrogens with zero attached hydrogens (tertiary/aromatic N) is 2. The molecule has 1 aromatic heterocycles. The minimum absolute atomic E-state index is 0.0721. The number of nitrogens with one attached hydrogen (secondary N) is 1. The quantitative estimate of drug-likeness (QED) is 0.794. The van der Waals surface area contributed by atoms with Crippen LogP contribution >= 0.6 is 11.3 Å². The molecule has 0 unspecified atom stereocenters. The molecule has 1 N–H and O–H groups in total. The predicted octanol–water partition coefficient (Wildman–Crippen LogP) is 1.21. The molecule has 1 rings (SSSR count). The Labute approximate surface area is 94.3 Å². The van der Waals surface area contributed by atoms with E-state index in [-0.39, 0.29) is 5.91 Å². The zero-order valence-electron chi connectivity index (χ0n) is 9.19. The predicted molar refractivity (Wildman–Crippen MR) is 62.2 cm³/mol. The van der Waals surface area contributed by atoms with Gasteiger partial charge in [-0.05, 0) is 13.1 Å². The molecule has 0 spiro atoms. The Morgan fingerprint density at radius 2 is 2.27 bits per heavy atom. The Balaban J connectivity index is 2.23. The van der Waals surface area contributed by atoms with Gasteiger partial charge in [0.25, 0.3) is 5.91 Å². The van der Waals surface area contributed by atoms with Gasteiger partial charge in [0.15, 0.2) is 5.01 Å². The molecular formula is C10H17N3OS. The third kappa shape index (κ3) is 3.97. The van der Waals surface area contributed by atoms with Crippen LogP contribution in [0.5, 0.6) is 0 Å². The second kappa shape index (κ2) is 6.53. The number of likely N-dealkylation sites (N-methyl/N-ethyl adjacent to an activating group) is 1. The van der Waals surface area contributed by atoms with Gasteiger partial charge in [-0.1, -0.05) is 13.8 Å². The van der Waals surface area contributed by atoms with Gasteiger partial charge >= 0.3 is 0 Å². The Morgan fingerprint density at radius 3 is 2.80 bits per heavy atom. The maximum Gasteiger partial charge on any atom is 0.280 e. The fraction of sp³-hybridized carbons (Fsp3) is 0.600. The maximum absolute atomic E-state index is 11.5. The van der Waals surface area contributed by atoms with Crippen molar-refractivity contribution in [3.05, 3.63) is 16.6 Å². The normalized spacial score (nSPS) is 10.6. The third-order valence-electron chi connectivity index (χ3n) is 2.23. The van der Waals surface area contributed by atoms with Crippen LogP contribution in [0.3, 0.4) is 0 Å². The van der Waals surface area contributed by atoms with Crippen molar-refractivity contribution < 1.29 is 4.79 Å². The van der Waals surface area contributed by atoms with Crippen molar-refractivity contribution in [2.24, 2.45) is 0 Å². The van der Waals surface area contributed by atoms with Crippen molar-refractivity contribution >= 4 is 17.2 Å². The van der Waals surface area contributed by atoms with E-state index in [2.05, 4.69) is 29.0 Å². The molecule has 4 nitrogen and oxygen atoms in total. The van der Waals surface area contributed by atoms with E-state index in [1.165, 1.54) is 11.3 Å². The number of aromatic nitrogens is 1. The van der Waals surface area contributed by atoms with Crippen molar-refractivity contribution in [3.63, 3.8) is 0 Å². The number of amides is 1. The van der Waals surface area contributed by atoms with Crippen molar-refractivity contribution in [2.75, 3.05) is 26.2 Å². The summed E-state index contributed by atoms with van der Waals surface area (Å²) in [5.41, 5.74) is 0. The second-order valence-corrected chi connectivity index (χ2v) is 4.01. The van der Waals surface area contributed by atoms with E-state index >= 15 is 0 Å². The highest BCUT2D eigenvalue weighted by atomic mass is 32.1. The van der Waals surface area contributed by atoms with E-state index in [0.29, 0.717) is 11.6 Å². The first-order valence-corrected chi connectivity index (χ1v) is 6.06. The summed E-state index contributed by atoms with van der Waals surface area (Å²) in [6.45, 7) is 7.84. The summed E-state index contributed by atoms with van der Waals surface area (Å²) in [6, 6.07) is 0. The van der Waals surface area contributed by atoms with E-state index in [1.807, 2.05) is 0 Å². The minimum Gasteiger partial charge on any atom is -0.349 e. The van der Waals surface area contributed by atoms with Gasteiger partial charge in [0.1, 0.15) is 0 Å². The first-order valence-electron chi connectivity index (χ1n) is 5.18. The first-order chi connectivity index (χ1) is 7.27. The number of carbonyl (C=O) groups is 1. The summed E-state index contributed by atoms with van der Waals surface area (Å²) >= 11 is 1.36. The second-order valence-electron chi connectivity index (χ2n) is 3.12. The summed E-state index contributed by atoms with van der Waals surface area (Å²) in [7, 11) is 0. The Morgan fingerprint density at radius 1 is 1.53 bits per heavy atom. The molecule has 1 amide bonds. The van der Waals surface area contributed by atoms with Crippen LogP contribution in [-0.2, 0) is 0 Å². The molecule has 0 aliphatic carbocycles. The molecule has 0 aliphatic heterocycles. The number of carbonyl (C=O) groups excluding carboxylic acids is 1. The number of rotatable bonds is 6. The van der Waals surface area contributed by atoms with Crippen LogP contribution in [0.1, 0.15) is 23.6 Å². The van der Waals surface area contributed by atoms with Gasteiger partial charge in [-0.3, -0.25) is 4.79 Å². The average Bonchev–Trinajstić information content (AvgIpc) is 2.77. The van der Waals surface area contributed by atoms with Crippen molar-refractivity contribution in [1.29, 1.82) is 0 Å². The summed E-state index contributed by atoms with van der Waals surface area (Å²) < 4.78 is 0. The van der Waals surface area contributed by atoms with Crippen LogP contribution in [0.4, 0.5) is 0 Å². The number of hydrogen-bond acceptors (Lipinski definition) is 4. The zero-order chi connectivity index (χ0) is 11.1. The van der Waals surface area contributed by atoms with Crippen molar-refractivity contribution in [1.82, 2.24) is 15.2 Å². The zero-order valence-corrected chi connectivity index (χ0v) is 10.0. The van der Waals surface area contributed by atoms with Crippen molar-refractivity contribution in [2.45, 2.75) is 13.8 Å². The SMILES string of the molecule is CCN(CC)CCNC(=O)c1nccs1. The molecule has 84 valence electrons. The summed E-state index contributed by atoms with van der Waals surface area (Å²) in [6.07, 6.45) is 1.64. The fourth-order valence-electron chi connectivity index (χ4n) is 1.28. The lowest BCUT2D eigenvalue weighted by Crippen LogP contribution is -2.34. The highest BCUT2D eigenvalue weighted by molar-refractivity contribution is 7.11. The summed E-state index contributed by atoms with van der Waals surface area (Å²) in [4.78, 5) is 17.7. The summed E-state index contributed by atoms with van der Waals surface area (Å²) in [5.74, 6) is -0.0721. The molecule has 0 bridgehead atoms. The monoisotopic (exact) mass is 227 g/mol. The van der Waals surface area contributed by atoms with Gasteiger partial charge in [0.2, 0.25) is 0 Å². The highest BCUT2D eigenvalue weighted by Gasteiger charge is 2.07. The average molecular weight is 227 g/mol. The Bertz CT molecular complexity index is 283. The van der Waals surface area contributed by atoms with Crippen LogP contribution in [0.25, 0.3) is 0 Å². The molecule has 0 aliphatic rings. The van der Waals surface area contributed by atoms with Gasteiger partial charge < -0.3 is 10.2 Å². The van der Waals surface area contributed by atoms with Crippen LogP contribution in [0.15, 0.2) is 11.6 Å². The highest BCUT2D eigenvalue weighted by Crippen LogP contribution is 2.02. The molecule has 0 fully saturated rings. The molecular weight excluding hydrogens is 210 g/mol. The molecule has 1 aromatic rings. The molecule has 0 saturated heterocycles. The Hall–Kier alpha value is -0.940. The molecule has 5 heteroatoms. The van der Waals surface area contributed by atoms with Crippen LogP contribution in [0, 0.1) is 0 Å². The van der Waals surface area contributed by atoms with Gasteiger partial charge in [-0.25, -0.2) is 4.98 Å². The molecule has 0 atom stereocenters. The van der Waals surface area contributed by atoms with E-state index in [4.69, 9.17) is 0 Å². The maximum atomic E-state index is 11.5. The fourth-order valence-corrected chi connectivity index (χ4v) is 1.83. The molecule has 0 aromatic carbocycles. The van der Waals surface area contributed by atoms with Gasteiger partial charge in [0, 0.05) is 24.7 Å². The summed E-state index contributed by atoms with van der Waals surface area (Å²) in [5, 5.41) is 5.19. The van der Waals surface area contributed by atoms with E-state index in [0.717, 1.165) is 19.6 Å². The molecule has 0 saturated carbocycles. The van der Waals surface area contributed by atoms with Gasteiger partial charge in [-0.15, -0.1) is 11.3 Å². The van der Waals surface area contributed by atoms with Crippen LogP contribution in [0.2, 0.25) is 0 Å². The standard InChI is InChI=1S/C10H17N3OS/c1-3-13(4-2)7-5-11-9(14)10-12-6-8-15-10/h6,8H,3-5,7H2,1-2H3,(H,11,14). The van der Waals surface area contributed by atoms with E-state index < -0.39 is 0 Å². The lowest BCUT2D eigenvalue weighted by atomic mass is 10.4. The molecule has 0 radical (unpaired) electrons. The smallest absolute Gasteiger partial charge is 0.280 e. The van der Waals surface area contributed by atoms with Gasteiger partial charge in [-0.2, -0.15) is 0 Å². The lowest BCUT2D eigenvalue weighted by molar-refractivity contribution is 0.0948. The lowest BCUT2D eigenvalue weighted by Gasteiger charge is -2.17. The number of thiazole rings is 1. The van der Waals surface area contributed by atoms with E-state index in [9.17, 15) is 4.79 Å². The Kier molecular flexibility index (Phi) is 5.28. The first kappa shape index (κ1) is 12.1. The molecule has 15 heavy (non-hydrogen) atoms. The number of hydrogen-bond donors (Lipinski definition) is 1. The third-order valence-corrected chi connectivity index (χ3v) is 3.01. The molecule has 1 heterocycles. The minimum atomic E-state index is -0.0721. The van der Waals surface area contributed by atoms with Crippen LogP contribution in [-0.4, -0.2) is 42.0 Å². The van der Waals surface area contributed by atoms with Gasteiger partial charge in [0.05, 0.1) is 0 Å². The topological polar surface area (TPSA) is 45.2 Å².